The zero-order valence-corrected chi connectivity index (χ0v) is 29.6. The molecular formula is C51H31N3O. The van der Waals surface area contributed by atoms with E-state index in [0.29, 0.717) is 5.82 Å². The maximum absolute atomic E-state index is 6.89. The topological polar surface area (TPSA) is 51.8 Å². The third-order valence-electron chi connectivity index (χ3n) is 10.7. The van der Waals surface area contributed by atoms with Gasteiger partial charge in [0.1, 0.15) is 11.2 Å². The lowest BCUT2D eigenvalue weighted by Crippen LogP contribution is -1.97. The molecule has 0 aliphatic heterocycles. The van der Waals surface area contributed by atoms with Gasteiger partial charge in [-0.1, -0.05) is 164 Å². The van der Waals surface area contributed by atoms with Gasteiger partial charge in [-0.3, -0.25) is 0 Å². The largest absolute Gasteiger partial charge is 0.455 e. The molecule has 0 spiro atoms. The number of aromatic nitrogens is 3. The van der Waals surface area contributed by atoms with Crippen LogP contribution in [-0.4, -0.2) is 15.0 Å². The summed E-state index contributed by atoms with van der Waals surface area (Å²) in [5, 5.41) is 7.69. The summed E-state index contributed by atoms with van der Waals surface area (Å²) in [5.41, 5.74) is 11.3. The number of hydrogen-bond acceptors (Lipinski definition) is 4. The van der Waals surface area contributed by atoms with Crippen LogP contribution >= 0.6 is 0 Å². The van der Waals surface area contributed by atoms with E-state index in [4.69, 9.17) is 19.4 Å². The summed E-state index contributed by atoms with van der Waals surface area (Å²) in [6.45, 7) is 0. The SMILES string of the molecule is c1ccc(-c2ccc(-c3cc(-c4cccc5nc(-c6cc7ccccc7c7ccccc67)c6c7ccccc7oc6c45)nc(-c4ccccc4)n3)cc2)cc1. The van der Waals surface area contributed by atoms with Gasteiger partial charge in [0.25, 0.3) is 0 Å². The maximum atomic E-state index is 6.89. The van der Waals surface area contributed by atoms with Gasteiger partial charge in [-0.25, -0.2) is 15.0 Å². The van der Waals surface area contributed by atoms with Gasteiger partial charge in [0.15, 0.2) is 5.82 Å². The van der Waals surface area contributed by atoms with Gasteiger partial charge in [-0.05, 0) is 56.9 Å². The van der Waals surface area contributed by atoms with Crippen molar-refractivity contribution in [3.8, 4) is 56.3 Å². The molecule has 0 saturated heterocycles. The molecule has 3 aromatic heterocycles. The average Bonchev–Trinajstić information content (AvgIpc) is 3.66. The normalized spacial score (nSPS) is 11.6. The Labute approximate surface area is 317 Å². The van der Waals surface area contributed by atoms with Gasteiger partial charge < -0.3 is 4.42 Å². The minimum Gasteiger partial charge on any atom is -0.455 e. The van der Waals surface area contributed by atoms with Crippen molar-refractivity contribution in [3.05, 3.63) is 188 Å². The van der Waals surface area contributed by atoms with Gasteiger partial charge in [-0.2, -0.15) is 0 Å². The second-order valence-corrected chi connectivity index (χ2v) is 13.9. The van der Waals surface area contributed by atoms with E-state index in [1.165, 1.54) is 21.7 Å². The van der Waals surface area contributed by atoms with Crippen LogP contribution in [0.2, 0.25) is 0 Å². The van der Waals surface area contributed by atoms with Gasteiger partial charge >= 0.3 is 0 Å². The van der Waals surface area contributed by atoms with Crippen molar-refractivity contribution < 1.29 is 4.42 Å². The van der Waals surface area contributed by atoms with Crippen LogP contribution in [0.3, 0.4) is 0 Å². The number of furan rings is 1. The van der Waals surface area contributed by atoms with Crippen molar-refractivity contribution in [1.82, 2.24) is 15.0 Å². The highest BCUT2D eigenvalue weighted by Gasteiger charge is 2.23. The van der Waals surface area contributed by atoms with Crippen LogP contribution in [0.1, 0.15) is 0 Å². The fourth-order valence-corrected chi connectivity index (χ4v) is 8.08. The average molecular weight is 702 g/mol. The summed E-state index contributed by atoms with van der Waals surface area (Å²) in [4.78, 5) is 15.9. The molecule has 4 nitrogen and oxygen atoms in total. The second-order valence-electron chi connectivity index (χ2n) is 13.9. The Hall–Kier alpha value is -7.43. The highest BCUT2D eigenvalue weighted by Crippen LogP contribution is 2.45. The molecule has 0 unspecified atom stereocenters. The molecule has 11 aromatic rings. The summed E-state index contributed by atoms with van der Waals surface area (Å²) in [6, 6.07) is 65.4. The number of fused-ring (bicyclic) bond motifs is 8. The molecule has 3 heterocycles. The lowest BCUT2D eigenvalue weighted by Gasteiger charge is -2.14. The van der Waals surface area contributed by atoms with Crippen LogP contribution in [0.4, 0.5) is 0 Å². The van der Waals surface area contributed by atoms with Crippen LogP contribution in [0.25, 0.3) is 111 Å². The fraction of sp³-hybridized carbons (Fsp3) is 0. The van der Waals surface area contributed by atoms with Gasteiger partial charge in [0, 0.05) is 27.6 Å². The molecule has 8 aromatic carbocycles. The molecule has 0 bridgehead atoms. The Kier molecular flexibility index (Phi) is 7.14. The van der Waals surface area contributed by atoms with E-state index in [1.807, 2.05) is 36.4 Å². The van der Waals surface area contributed by atoms with Crippen molar-refractivity contribution in [1.29, 1.82) is 0 Å². The van der Waals surface area contributed by atoms with Gasteiger partial charge in [0.05, 0.1) is 33.4 Å². The van der Waals surface area contributed by atoms with E-state index in [9.17, 15) is 0 Å². The van der Waals surface area contributed by atoms with E-state index in [0.717, 1.165) is 83.1 Å². The molecule has 0 fully saturated rings. The van der Waals surface area contributed by atoms with E-state index in [2.05, 4.69) is 152 Å². The van der Waals surface area contributed by atoms with Crippen molar-refractivity contribution in [2.24, 2.45) is 0 Å². The molecule has 11 rings (SSSR count). The number of nitrogens with zero attached hydrogens (tertiary/aromatic N) is 3. The molecular weight excluding hydrogens is 671 g/mol. The molecule has 0 N–H and O–H groups in total. The molecule has 0 saturated carbocycles. The molecule has 0 aliphatic carbocycles. The first-order valence-corrected chi connectivity index (χ1v) is 18.5. The second kappa shape index (κ2) is 12.6. The Morgan fingerprint density at radius 3 is 1.78 bits per heavy atom. The summed E-state index contributed by atoms with van der Waals surface area (Å²) in [5.74, 6) is 0.658. The minimum atomic E-state index is 0.658. The third-order valence-corrected chi connectivity index (χ3v) is 10.7. The number of pyridine rings is 1. The highest BCUT2D eigenvalue weighted by molar-refractivity contribution is 6.24. The molecule has 4 heteroatoms. The van der Waals surface area contributed by atoms with E-state index >= 15 is 0 Å². The number of rotatable bonds is 5. The van der Waals surface area contributed by atoms with Crippen molar-refractivity contribution in [2.75, 3.05) is 0 Å². The van der Waals surface area contributed by atoms with E-state index < -0.39 is 0 Å². The Morgan fingerprint density at radius 1 is 0.364 bits per heavy atom. The summed E-state index contributed by atoms with van der Waals surface area (Å²) < 4.78 is 6.89. The standard InChI is InChI=1S/C51H31N3O/c1-3-14-32(15-4-1)33-26-28-34(29-27-33)44-31-45(54-51(53-44)35-16-5-2-6-17-35)40-23-13-24-43-47(40)50-48(41-22-11-12-25-46(41)55-50)49(52-43)42-30-36-18-7-8-19-37(36)38-20-9-10-21-39(38)42/h1-31H. The fourth-order valence-electron chi connectivity index (χ4n) is 8.08. The van der Waals surface area contributed by atoms with Crippen molar-refractivity contribution in [2.45, 2.75) is 0 Å². The third kappa shape index (κ3) is 5.19. The maximum Gasteiger partial charge on any atom is 0.160 e. The number of benzene rings is 8. The van der Waals surface area contributed by atoms with Crippen LogP contribution in [-0.2, 0) is 0 Å². The Balaban J connectivity index is 1.18. The molecule has 0 amide bonds. The Bertz CT molecular complexity index is 3240. The molecule has 0 radical (unpaired) electrons. The summed E-state index contributed by atoms with van der Waals surface area (Å²) >= 11 is 0. The first-order chi connectivity index (χ1) is 27.3. The zero-order valence-electron chi connectivity index (χ0n) is 29.6. The first-order valence-electron chi connectivity index (χ1n) is 18.5. The Morgan fingerprint density at radius 2 is 0.982 bits per heavy atom. The molecule has 256 valence electrons. The first kappa shape index (κ1) is 31.1. The highest BCUT2D eigenvalue weighted by atomic mass is 16.3. The lowest BCUT2D eigenvalue weighted by atomic mass is 9.92. The van der Waals surface area contributed by atoms with Gasteiger partial charge in [0.2, 0.25) is 0 Å². The zero-order chi connectivity index (χ0) is 36.3. The molecule has 0 aliphatic rings. The van der Waals surface area contributed by atoms with Crippen molar-refractivity contribution in [3.63, 3.8) is 0 Å². The smallest absolute Gasteiger partial charge is 0.160 e. The van der Waals surface area contributed by atoms with Crippen LogP contribution in [0, 0.1) is 0 Å². The summed E-state index contributed by atoms with van der Waals surface area (Å²) in [7, 11) is 0. The summed E-state index contributed by atoms with van der Waals surface area (Å²) in [6.07, 6.45) is 0. The number of hydrogen-bond donors (Lipinski definition) is 0. The molecule has 55 heavy (non-hydrogen) atoms. The predicted octanol–water partition coefficient (Wildman–Crippen LogP) is 13.6. The predicted molar refractivity (Wildman–Crippen MR) is 227 cm³/mol. The number of para-hydroxylation sites is 1. The van der Waals surface area contributed by atoms with Crippen LogP contribution < -0.4 is 0 Å². The van der Waals surface area contributed by atoms with Crippen LogP contribution in [0.15, 0.2) is 192 Å². The van der Waals surface area contributed by atoms with E-state index in [-0.39, 0.29) is 0 Å². The minimum absolute atomic E-state index is 0.658. The van der Waals surface area contributed by atoms with Gasteiger partial charge in [-0.15, -0.1) is 0 Å². The molecule has 0 atom stereocenters. The monoisotopic (exact) mass is 701 g/mol. The lowest BCUT2D eigenvalue weighted by molar-refractivity contribution is 0.672. The van der Waals surface area contributed by atoms with Crippen molar-refractivity contribution >= 4 is 54.4 Å². The van der Waals surface area contributed by atoms with Crippen LogP contribution in [0.5, 0.6) is 0 Å². The van der Waals surface area contributed by atoms with E-state index in [1.54, 1.807) is 0 Å². The quantitative estimate of drug-likeness (QED) is 0.168.